The Kier molecular flexibility index (Phi) is 31.0. The van der Waals surface area contributed by atoms with Crippen LogP contribution in [0.15, 0.2) is 41.4 Å². The minimum Gasteiger partial charge on any atom is -0.477 e. The van der Waals surface area contributed by atoms with E-state index >= 15 is 0 Å². The number of aliphatic hydroxyl groups is 1. The maximum absolute atomic E-state index is 14.2. The number of nitrogens with two attached hydrogens (primary N) is 8. The first-order valence-electron chi connectivity index (χ1n) is 24.5. The van der Waals surface area contributed by atoms with E-state index in [4.69, 9.17) is 45.9 Å². The third-order valence-electron chi connectivity index (χ3n) is 11.7. The molecule has 1 aliphatic heterocycles. The van der Waals surface area contributed by atoms with Crippen LogP contribution in [0.3, 0.4) is 0 Å². The van der Waals surface area contributed by atoms with Crippen LogP contribution in [-0.2, 0) is 43.2 Å². The average molecular weight is 1050 g/mol. The van der Waals surface area contributed by atoms with Gasteiger partial charge in [-0.1, -0.05) is 19.1 Å². The summed E-state index contributed by atoms with van der Waals surface area (Å²) >= 11 is 0. The van der Waals surface area contributed by atoms with Crippen molar-refractivity contribution in [1.29, 1.82) is 0 Å². The molecule has 0 aromatic heterocycles. The first-order valence-corrected chi connectivity index (χ1v) is 24.5. The van der Waals surface area contributed by atoms with E-state index in [-0.39, 0.29) is 77.1 Å². The molecule has 0 aromatic carbocycles. The maximum atomic E-state index is 14.2. The highest BCUT2D eigenvalue weighted by Gasteiger charge is 2.40. The molecule has 0 aromatic rings. The maximum Gasteiger partial charge on any atom is 0.352 e. The summed E-state index contributed by atoms with van der Waals surface area (Å²) in [7, 11) is 1.59. The molecule has 0 bridgehead atoms. The molecule has 0 unspecified atom stereocenters. The van der Waals surface area contributed by atoms with E-state index < -0.39 is 120 Å². The molecule has 74 heavy (non-hydrogen) atoms. The standard InChI is InChI=1S/C45H82N18O11/c1-4-62(3)27(23-49)22-32(40(69)58-29(13-6-8-18-47)39(68)59-31(44(73)74)15-10-20-54-45(52)53)60-41(70)33-16-11-21-63(33)43(72)30(14-9-19-48)57-35(65)25-55-37(66)26(2)56-42(71)36(34(64)24-50)61-38(67)28(51)12-5-7-17-46/h4,15,23,26,28-30,32-34,36,64H,1,5-14,16-22,24-25,46-51H2,2-3H3,(H,55,66)(H,56,71)(H,57,65)(H,58,69)(H,59,68)(H,60,70)(H,61,67)(H,73,74)(H4,52,53,54)/b27-23-,31-15-/t26-,28-,29-,30+,32-,33-,34-,36-/m0/s1. The fraction of sp³-hybridized carbons (Fsp3) is 0.644. The van der Waals surface area contributed by atoms with E-state index in [9.17, 15) is 53.4 Å². The second-order valence-electron chi connectivity index (χ2n) is 17.4. The molecule has 8 amide bonds. The Bertz CT molecular complexity index is 1980. The SMILES string of the molecule is C=CN(C)/C(=C\N)C[C@H](NC(=O)[C@@H]1CCCN1C(=O)[C@@H](CCCN)NC(=O)CNC(=O)[C@H](C)NC(=O)[C@@H](NC(=O)[C@@H](N)CCCCN)[C@@H](O)CN)C(=O)N[C@@H](CCCCN)C(=O)N/C(=C\CCN=C(N)N)C(=O)O. The summed E-state index contributed by atoms with van der Waals surface area (Å²) in [5.74, 6) is -8.17. The second-order valence-corrected chi connectivity index (χ2v) is 17.4. The molecule has 1 saturated heterocycles. The molecule has 1 heterocycles. The number of unbranched alkanes of at least 4 members (excludes halogenated alkanes) is 2. The summed E-state index contributed by atoms with van der Waals surface area (Å²) in [5.41, 5.74) is 44.8. The third kappa shape index (κ3) is 23.3. The smallest absolute Gasteiger partial charge is 0.352 e. The number of carbonyl (C=O) groups excluding carboxylic acids is 8. The highest BCUT2D eigenvalue weighted by Crippen LogP contribution is 2.21. The lowest BCUT2D eigenvalue weighted by atomic mass is 10.0. The number of aliphatic hydroxyl groups excluding tert-OH is 1. The summed E-state index contributed by atoms with van der Waals surface area (Å²) in [6, 6.07) is -8.99. The average Bonchev–Trinajstić information content (AvgIpc) is 3.87. The largest absolute Gasteiger partial charge is 0.477 e. The number of amides is 8. The zero-order chi connectivity index (χ0) is 55.9. The molecule has 1 rings (SSSR count). The number of carbonyl (C=O) groups is 9. The summed E-state index contributed by atoms with van der Waals surface area (Å²) in [4.78, 5) is 127. The van der Waals surface area contributed by atoms with Crippen molar-refractivity contribution in [3.05, 3.63) is 36.4 Å². The Morgan fingerprint density at radius 2 is 1.43 bits per heavy atom. The highest BCUT2D eigenvalue weighted by molar-refractivity contribution is 5.99. The summed E-state index contributed by atoms with van der Waals surface area (Å²) < 4.78 is 0. The fourth-order valence-electron chi connectivity index (χ4n) is 7.37. The van der Waals surface area contributed by atoms with Crippen molar-refractivity contribution >= 4 is 59.2 Å². The van der Waals surface area contributed by atoms with E-state index in [0.29, 0.717) is 44.3 Å². The first kappa shape index (κ1) is 65.1. The van der Waals surface area contributed by atoms with Crippen LogP contribution in [0.2, 0.25) is 0 Å². The quantitative estimate of drug-likeness (QED) is 0.0120. The van der Waals surface area contributed by atoms with Crippen LogP contribution in [-0.4, -0.2) is 180 Å². The van der Waals surface area contributed by atoms with E-state index in [1.165, 1.54) is 35.2 Å². The molecule has 1 aliphatic rings. The minimum absolute atomic E-state index is 0.0247. The van der Waals surface area contributed by atoms with Crippen LogP contribution in [0.5, 0.6) is 0 Å². The Labute approximate surface area is 431 Å². The highest BCUT2D eigenvalue weighted by atomic mass is 16.4. The number of rotatable bonds is 36. The number of nitrogens with one attached hydrogen (secondary N) is 7. The molecule has 0 spiro atoms. The van der Waals surface area contributed by atoms with Gasteiger partial charge in [0, 0.05) is 45.0 Å². The third-order valence-corrected chi connectivity index (χ3v) is 11.7. The van der Waals surface area contributed by atoms with E-state index in [0.717, 1.165) is 0 Å². The van der Waals surface area contributed by atoms with Gasteiger partial charge in [-0.3, -0.25) is 43.3 Å². The van der Waals surface area contributed by atoms with Gasteiger partial charge in [0.15, 0.2) is 5.96 Å². The van der Waals surface area contributed by atoms with Crippen molar-refractivity contribution < 1.29 is 53.4 Å². The summed E-state index contributed by atoms with van der Waals surface area (Å²) in [5, 5.41) is 37.5. The Hall–Kier alpha value is -6.92. The number of aliphatic carboxylic acids is 1. The van der Waals surface area contributed by atoms with Gasteiger partial charge in [-0.05, 0) is 97.0 Å². The number of carboxylic acids is 1. The predicted octanol–water partition coefficient (Wildman–Crippen LogP) is -6.81. The van der Waals surface area contributed by atoms with Gasteiger partial charge < -0.3 is 103 Å². The molecular formula is C45H82N18O11. The Morgan fingerprint density at radius 1 is 0.797 bits per heavy atom. The molecule has 418 valence electrons. The van der Waals surface area contributed by atoms with Crippen molar-refractivity contribution in [3.63, 3.8) is 0 Å². The molecular weight excluding hydrogens is 969 g/mol. The predicted molar refractivity (Wildman–Crippen MR) is 274 cm³/mol. The number of hydrogen-bond donors (Lipinski definition) is 17. The number of guanidine groups is 1. The van der Waals surface area contributed by atoms with Gasteiger partial charge in [0.2, 0.25) is 47.3 Å². The van der Waals surface area contributed by atoms with Crippen LogP contribution < -0.4 is 83.1 Å². The molecule has 8 atom stereocenters. The number of carboxylic acid groups (broad SMARTS) is 1. The van der Waals surface area contributed by atoms with Crippen molar-refractivity contribution in [3.8, 4) is 0 Å². The van der Waals surface area contributed by atoms with Crippen LogP contribution in [0.4, 0.5) is 0 Å². The minimum atomic E-state index is -1.57. The van der Waals surface area contributed by atoms with Gasteiger partial charge >= 0.3 is 5.97 Å². The van der Waals surface area contributed by atoms with E-state index in [2.05, 4.69) is 48.8 Å². The molecule has 29 nitrogen and oxygen atoms in total. The molecule has 0 aliphatic carbocycles. The van der Waals surface area contributed by atoms with Gasteiger partial charge in [-0.15, -0.1) is 0 Å². The number of likely N-dealkylation sites (tertiary alicyclic amines) is 1. The van der Waals surface area contributed by atoms with Gasteiger partial charge in [0.1, 0.15) is 41.9 Å². The zero-order valence-electron chi connectivity index (χ0n) is 42.5. The fourth-order valence-corrected chi connectivity index (χ4v) is 7.37. The molecule has 25 N–H and O–H groups in total. The molecule has 29 heteroatoms. The number of nitrogens with zero attached hydrogens (tertiary/aromatic N) is 3. The van der Waals surface area contributed by atoms with E-state index in [1.807, 2.05) is 0 Å². The lowest BCUT2D eigenvalue weighted by molar-refractivity contribution is -0.142. The second kappa shape index (κ2) is 35.3. The van der Waals surface area contributed by atoms with Gasteiger partial charge in [-0.25, -0.2) is 4.79 Å². The van der Waals surface area contributed by atoms with E-state index in [1.54, 1.807) is 7.05 Å². The summed E-state index contributed by atoms with van der Waals surface area (Å²) in [6.07, 6.45) is 5.13. The zero-order valence-corrected chi connectivity index (χ0v) is 42.5. The number of aliphatic imine (C=N–C) groups is 1. The first-order chi connectivity index (χ1) is 35.1. The lowest BCUT2D eigenvalue weighted by Crippen LogP contribution is -2.60. The lowest BCUT2D eigenvalue weighted by Gasteiger charge is -2.31. The van der Waals surface area contributed by atoms with Crippen molar-refractivity contribution in [1.82, 2.24) is 47.0 Å². The van der Waals surface area contributed by atoms with Crippen LogP contribution in [0, 0.1) is 0 Å². The number of hydrogen-bond acceptors (Lipinski definition) is 18. The molecule has 1 fully saturated rings. The van der Waals surface area contributed by atoms with Crippen molar-refractivity contribution in [2.24, 2.45) is 50.9 Å². The summed E-state index contributed by atoms with van der Waals surface area (Å²) in [6.45, 7) is 4.82. The normalized spacial score (nSPS) is 16.4. The van der Waals surface area contributed by atoms with Crippen molar-refractivity contribution in [2.75, 3.05) is 52.9 Å². The van der Waals surface area contributed by atoms with Gasteiger partial charge in [-0.2, -0.15) is 0 Å². The van der Waals surface area contributed by atoms with Crippen LogP contribution >= 0.6 is 0 Å². The monoisotopic (exact) mass is 1050 g/mol. The molecule has 0 radical (unpaired) electrons. The topological polar surface area (TPSA) is 505 Å². The molecule has 0 saturated carbocycles. The Morgan fingerprint density at radius 3 is 2.01 bits per heavy atom. The Balaban J connectivity index is 3.28. The van der Waals surface area contributed by atoms with Gasteiger partial charge in [0.05, 0.1) is 18.7 Å². The van der Waals surface area contributed by atoms with Crippen LogP contribution in [0.1, 0.15) is 84.0 Å². The van der Waals surface area contributed by atoms with Gasteiger partial charge in [0.25, 0.3) is 0 Å². The van der Waals surface area contributed by atoms with Crippen molar-refractivity contribution in [2.45, 2.75) is 132 Å². The van der Waals surface area contributed by atoms with Crippen LogP contribution in [0.25, 0.3) is 0 Å².